The zero-order valence-corrected chi connectivity index (χ0v) is 16.8. The molecule has 7 heteroatoms. The fourth-order valence-corrected chi connectivity index (χ4v) is 1.93. The van der Waals surface area contributed by atoms with Crippen LogP contribution in [-0.2, 0) is 16.0 Å². The minimum Gasteiger partial charge on any atom is -0.382 e. The number of hydrogen-bond donors (Lipinski definition) is 2. The molecule has 0 aliphatic carbocycles. The van der Waals surface area contributed by atoms with E-state index in [4.69, 9.17) is 9.47 Å². The molecule has 2 N–H and O–H groups in total. The van der Waals surface area contributed by atoms with E-state index in [2.05, 4.69) is 15.6 Å². The van der Waals surface area contributed by atoms with Crippen LogP contribution < -0.4 is 10.6 Å². The number of ether oxygens (including phenoxy) is 2. The molecule has 1 rings (SSSR count). The van der Waals surface area contributed by atoms with Crippen LogP contribution >= 0.6 is 24.0 Å². The van der Waals surface area contributed by atoms with Gasteiger partial charge in [0.1, 0.15) is 5.82 Å². The van der Waals surface area contributed by atoms with Crippen LogP contribution in [-0.4, -0.2) is 46.0 Å². The second kappa shape index (κ2) is 15.6. The van der Waals surface area contributed by atoms with E-state index >= 15 is 0 Å². The van der Waals surface area contributed by atoms with E-state index in [1.807, 2.05) is 13.0 Å². The monoisotopic (exact) mass is 453 g/mol. The summed E-state index contributed by atoms with van der Waals surface area (Å²) >= 11 is 0. The average Bonchev–Trinajstić information content (AvgIpc) is 2.55. The number of nitrogens with zero attached hydrogens (tertiary/aromatic N) is 1. The Morgan fingerprint density at radius 3 is 2.71 bits per heavy atom. The lowest BCUT2D eigenvalue weighted by atomic mass is 10.2. The molecule has 0 saturated heterocycles. The van der Waals surface area contributed by atoms with Crippen molar-refractivity contribution in [3.05, 3.63) is 35.6 Å². The molecule has 1 aromatic rings. The summed E-state index contributed by atoms with van der Waals surface area (Å²) < 4.78 is 23.5. The summed E-state index contributed by atoms with van der Waals surface area (Å²) in [6, 6.07) is 6.51. The molecule has 0 unspecified atom stereocenters. The molecule has 0 amide bonds. The maximum atomic E-state index is 13.1. The van der Waals surface area contributed by atoms with Crippen molar-refractivity contribution in [3.63, 3.8) is 0 Å². The number of benzene rings is 1. The summed E-state index contributed by atoms with van der Waals surface area (Å²) in [7, 11) is 1.67. The van der Waals surface area contributed by atoms with Crippen molar-refractivity contribution in [2.45, 2.75) is 26.3 Å². The number of nitrogens with one attached hydrogen (secondary N) is 2. The highest BCUT2D eigenvalue weighted by Crippen LogP contribution is 2.04. The van der Waals surface area contributed by atoms with Gasteiger partial charge in [-0.05, 0) is 37.5 Å². The Morgan fingerprint density at radius 2 is 2.00 bits per heavy atom. The fraction of sp³-hybridized carbons (Fsp3) is 0.588. The van der Waals surface area contributed by atoms with Gasteiger partial charge in [0, 0.05) is 26.8 Å². The highest BCUT2D eigenvalue weighted by molar-refractivity contribution is 14.0. The zero-order valence-electron chi connectivity index (χ0n) is 14.5. The van der Waals surface area contributed by atoms with Gasteiger partial charge in [0.25, 0.3) is 0 Å². The number of halogens is 2. The van der Waals surface area contributed by atoms with Gasteiger partial charge in [-0.15, -0.1) is 24.0 Å². The van der Waals surface area contributed by atoms with Crippen molar-refractivity contribution in [1.29, 1.82) is 0 Å². The first-order valence-electron chi connectivity index (χ1n) is 8.09. The van der Waals surface area contributed by atoms with Gasteiger partial charge in [0.15, 0.2) is 5.96 Å². The Kier molecular flexibility index (Phi) is 15.0. The summed E-state index contributed by atoms with van der Waals surface area (Å²) in [5, 5.41) is 6.46. The number of hydrogen-bond acceptors (Lipinski definition) is 3. The first kappa shape index (κ1) is 23.1. The van der Waals surface area contributed by atoms with Crippen LogP contribution in [0.5, 0.6) is 0 Å². The Labute approximate surface area is 161 Å². The first-order valence-corrected chi connectivity index (χ1v) is 8.09. The average molecular weight is 453 g/mol. The van der Waals surface area contributed by atoms with Gasteiger partial charge in [-0.1, -0.05) is 12.1 Å². The molecule has 0 fully saturated rings. The number of methoxy groups -OCH3 is 1. The Balaban J connectivity index is 0.00000529. The number of aliphatic imine (C=N–C) groups is 1. The minimum absolute atomic E-state index is 0. The van der Waals surface area contributed by atoms with Crippen molar-refractivity contribution in [3.8, 4) is 0 Å². The largest absolute Gasteiger partial charge is 0.382 e. The number of guanidine groups is 1. The molecule has 0 radical (unpaired) electrons. The topological polar surface area (TPSA) is 54.9 Å². The maximum absolute atomic E-state index is 13.1. The normalized spacial score (nSPS) is 11.0. The van der Waals surface area contributed by atoms with E-state index in [9.17, 15) is 4.39 Å². The van der Waals surface area contributed by atoms with Gasteiger partial charge in [0.05, 0.1) is 19.8 Å². The SMILES string of the molecule is CCNC(=NCc1cccc(F)c1)NCCCCOCCOC.I. The number of rotatable bonds is 11. The highest BCUT2D eigenvalue weighted by Gasteiger charge is 1.98. The van der Waals surface area contributed by atoms with Gasteiger partial charge in [-0.2, -0.15) is 0 Å². The molecule has 0 aliphatic rings. The molecule has 138 valence electrons. The third-order valence-corrected chi connectivity index (χ3v) is 3.09. The highest BCUT2D eigenvalue weighted by atomic mass is 127. The number of unbranched alkanes of at least 4 members (excludes halogenated alkanes) is 1. The van der Waals surface area contributed by atoms with Crippen molar-refractivity contribution < 1.29 is 13.9 Å². The molecule has 0 atom stereocenters. The molecular weight excluding hydrogens is 424 g/mol. The molecule has 1 aromatic carbocycles. The molecular formula is C17H29FIN3O2. The molecule has 0 aromatic heterocycles. The summed E-state index contributed by atoms with van der Waals surface area (Å²) in [6.07, 6.45) is 1.98. The van der Waals surface area contributed by atoms with E-state index in [1.165, 1.54) is 12.1 Å². The van der Waals surface area contributed by atoms with Gasteiger partial charge < -0.3 is 20.1 Å². The predicted octanol–water partition coefficient (Wildman–Crippen LogP) is 2.94. The molecule has 5 nitrogen and oxygen atoms in total. The van der Waals surface area contributed by atoms with E-state index in [0.29, 0.717) is 19.8 Å². The van der Waals surface area contributed by atoms with Crippen LogP contribution in [0, 0.1) is 5.82 Å². The smallest absolute Gasteiger partial charge is 0.191 e. The van der Waals surface area contributed by atoms with Gasteiger partial charge >= 0.3 is 0 Å². The van der Waals surface area contributed by atoms with Crippen LogP contribution in [0.1, 0.15) is 25.3 Å². The lowest BCUT2D eigenvalue weighted by molar-refractivity contribution is 0.0689. The van der Waals surface area contributed by atoms with Gasteiger partial charge in [-0.25, -0.2) is 9.38 Å². The van der Waals surface area contributed by atoms with E-state index in [0.717, 1.165) is 44.1 Å². The second-order valence-electron chi connectivity index (χ2n) is 5.06. The summed E-state index contributed by atoms with van der Waals surface area (Å²) in [4.78, 5) is 4.46. The second-order valence-corrected chi connectivity index (χ2v) is 5.06. The molecule has 0 heterocycles. The predicted molar refractivity (Wildman–Crippen MR) is 107 cm³/mol. The molecule has 0 aliphatic heterocycles. The zero-order chi connectivity index (χ0) is 16.8. The van der Waals surface area contributed by atoms with Gasteiger partial charge in [-0.3, -0.25) is 0 Å². The molecule has 0 bridgehead atoms. The summed E-state index contributed by atoms with van der Waals surface area (Å²) in [5.74, 6) is 0.515. The molecule has 0 saturated carbocycles. The quantitative estimate of drug-likeness (QED) is 0.234. The molecule has 24 heavy (non-hydrogen) atoms. The van der Waals surface area contributed by atoms with E-state index in [1.54, 1.807) is 13.2 Å². The first-order chi connectivity index (χ1) is 11.3. The third kappa shape index (κ3) is 11.6. The minimum atomic E-state index is -0.232. The Hall–Kier alpha value is -0.930. The lowest BCUT2D eigenvalue weighted by Gasteiger charge is -2.11. The van der Waals surface area contributed by atoms with Crippen molar-refractivity contribution in [2.75, 3.05) is 40.0 Å². The summed E-state index contributed by atoms with van der Waals surface area (Å²) in [6.45, 7) is 6.09. The van der Waals surface area contributed by atoms with Crippen LogP contribution in [0.3, 0.4) is 0 Å². The van der Waals surface area contributed by atoms with Crippen LogP contribution in [0.15, 0.2) is 29.3 Å². The Morgan fingerprint density at radius 1 is 1.17 bits per heavy atom. The van der Waals surface area contributed by atoms with Crippen LogP contribution in [0.2, 0.25) is 0 Å². The summed E-state index contributed by atoms with van der Waals surface area (Å²) in [5.41, 5.74) is 0.855. The lowest BCUT2D eigenvalue weighted by Crippen LogP contribution is -2.37. The van der Waals surface area contributed by atoms with E-state index < -0.39 is 0 Å². The van der Waals surface area contributed by atoms with Crippen molar-refractivity contribution in [1.82, 2.24) is 10.6 Å². The molecule has 0 spiro atoms. The van der Waals surface area contributed by atoms with Crippen LogP contribution in [0.4, 0.5) is 4.39 Å². The van der Waals surface area contributed by atoms with E-state index in [-0.39, 0.29) is 29.8 Å². The standard InChI is InChI=1S/C17H28FN3O2.HI/c1-3-19-17(20-9-4-5-10-23-12-11-22-2)21-14-15-7-6-8-16(18)13-15;/h6-8,13H,3-5,9-12,14H2,1-2H3,(H2,19,20,21);1H. The van der Waals surface area contributed by atoms with Crippen molar-refractivity contribution >= 4 is 29.9 Å². The van der Waals surface area contributed by atoms with Crippen molar-refractivity contribution in [2.24, 2.45) is 4.99 Å². The maximum Gasteiger partial charge on any atom is 0.191 e. The Bertz CT molecular complexity index is 461. The van der Waals surface area contributed by atoms with Crippen LogP contribution in [0.25, 0.3) is 0 Å². The fourth-order valence-electron chi connectivity index (χ4n) is 1.93. The third-order valence-electron chi connectivity index (χ3n) is 3.09. The van der Waals surface area contributed by atoms with Gasteiger partial charge in [0.2, 0.25) is 0 Å².